The maximum absolute atomic E-state index is 13.2. The van der Waals surface area contributed by atoms with Gasteiger partial charge in [0.25, 0.3) is 5.91 Å². The summed E-state index contributed by atoms with van der Waals surface area (Å²) in [6.07, 6.45) is 5.70. The topological polar surface area (TPSA) is 97.4 Å². The minimum Gasteiger partial charge on any atom is -0.502 e. The molecule has 1 amide bonds. The number of amidine groups is 1. The van der Waals surface area contributed by atoms with E-state index in [-0.39, 0.29) is 23.2 Å². The van der Waals surface area contributed by atoms with Crippen molar-refractivity contribution in [3.8, 4) is 17.2 Å². The number of nitrogens with zero attached hydrogens (tertiary/aromatic N) is 2. The number of methoxy groups -OCH3 is 2. The molecular weight excluding hydrogens is 426 g/mol. The summed E-state index contributed by atoms with van der Waals surface area (Å²) < 4.78 is 10.5. The van der Waals surface area contributed by atoms with E-state index in [2.05, 4.69) is 0 Å². The first-order chi connectivity index (χ1) is 15.6. The van der Waals surface area contributed by atoms with Crippen molar-refractivity contribution in [2.24, 2.45) is 10.7 Å². The Morgan fingerprint density at radius 1 is 1.06 bits per heavy atom. The maximum atomic E-state index is 13.2. The number of ether oxygens (including phenoxy) is 2. The van der Waals surface area contributed by atoms with Crippen LogP contribution in [0.25, 0.3) is 6.08 Å². The summed E-state index contributed by atoms with van der Waals surface area (Å²) in [6, 6.07) is 12.9. The number of para-hydroxylation sites is 1. The molecule has 1 aliphatic heterocycles. The number of aromatic hydroxyl groups is 1. The summed E-state index contributed by atoms with van der Waals surface area (Å²) in [4.78, 5) is 20.2. The second-order valence-corrected chi connectivity index (χ2v) is 8.28. The minimum atomic E-state index is -0.0884. The SMILES string of the molecule is COc1cc(C=C2SC(=Nc3ccccc3)N(CCCCCCN)C2=O)cc(OC)c1O. The molecule has 0 aromatic heterocycles. The highest BCUT2D eigenvalue weighted by Gasteiger charge is 2.33. The van der Waals surface area contributed by atoms with Gasteiger partial charge in [-0.05, 0) is 67.1 Å². The summed E-state index contributed by atoms with van der Waals surface area (Å²) in [5, 5.41) is 10.8. The molecule has 1 saturated heterocycles. The first-order valence-electron chi connectivity index (χ1n) is 10.6. The highest BCUT2D eigenvalue weighted by molar-refractivity contribution is 8.18. The zero-order chi connectivity index (χ0) is 22.9. The molecule has 0 radical (unpaired) electrons. The van der Waals surface area contributed by atoms with Crippen LogP contribution >= 0.6 is 11.8 Å². The Hall–Kier alpha value is -2.97. The van der Waals surface area contributed by atoms with Crippen LogP contribution in [0.15, 0.2) is 52.4 Å². The first-order valence-corrected chi connectivity index (χ1v) is 11.4. The number of carbonyl (C=O) groups excluding carboxylic acids is 1. The fourth-order valence-electron chi connectivity index (χ4n) is 3.32. The lowest BCUT2D eigenvalue weighted by Crippen LogP contribution is -2.30. The van der Waals surface area contributed by atoms with E-state index >= 15 is 0 Å². The summed E-state index contributed by atoms with van der Waals surface area (Å²) in [5.41, 5.74) is 7.06. The number of benzene rings is 2. The Labute approximate surface area is 192 Å². The molecule has 1 aliphatic rings. The largest absolute Gasteiger partial charge is 0.502 e. The van der Waals surface area contributed by atoms with Gasteiger partial charge in [-0.2, -0.15) is 0 Å². The average molecular weight is 456 g/mol. The van der Waals surface area contributed by atoms with Crippen LogP contribution in [0.3, 0.4) is 0 Å². The molecule has 0 aliphatic carbocycles. The Morgan fingerprint density at radius 3 is 2.34 bits per heavy atom. The molecule has 1 fully saturated rings. The van der Waals surface area contributed by atoms with Gasteiger partial charge in [0.2, 0.25) is 5.75 Å². The van der Waals surface area contributed by atoms with Crippen molar-refractivity contribution in [3.05, 3.63) is 52.9 Å². The predicted molar refractivity (Wildman–Crippen MR) is 130 cm³/mol. The number of carbonyl (C=O) groups is 1. The van der Waals surface area contributed by atoms with E-state index in [0.717, 1.165) is 31.4 Å². The molecule has 2 aromatic rings. The summed E-state index contributed by atoms with van der Waals surface area (Å²) >= 11 is 1.34. The van der Waals surface area contributed by atoms with Crippen molar-refractivity contribution in [2.45, 2.75) is 25.7 Å². The van der Waals surface area contributed by atoms with Gasteiger partial charge in [-0.3, -0.25) is 9.69 Å². The van der Waals surface area contributed by atoms with Crippen LogP contribution in [-0.2, 0) is 4.79 Å². The molecule has 0 unspecified atom stereocenters. The Bertz CT molecular complexity index is 967. The number of phenols is 1. The number of phenolic OH excluding ortho intramolecular Hbond substituents is 1. The smallest absolute Gasteiger partial charge is 0.266 e. The molecule has 32 heavy (non-hydrogen) atoms. The maximum Gasteiger partial charge on any atom is 0.266 e. The molecule has 1 heterocycles. The highest BCUT2D eigenvalue weighted by Crippen LogP contribution is 2.40. The van der Waals surface area contributed by atoms with Crippen LogP contribution in [0, 0.1) is 0 Å². The highest BCUT2D eigenvalue weighted by atomic mass is 32.2. The van der Waals surface area contributed by atoms with Gasteiger partial charge in [0, 0.05) is 6.54 Å². The van der Waals surface area contributed by atoms with Crippen molar-refractivity contribution in [3.63, 3.8) is 0 Å². The van der Waals surface area contributed by atoms with E-state index in [0.29, 0.717) is 28.7 Å². The molecule has 8 heteroatoms. The number of hydrogen-bond donors (Lipinski definition) is 2. The van der Waals surface area contributed by atoms with E-state index in [1.807, 2.05) is 30.3 Å². The second-order valence-electron chi connectivity index (χ2n) is 7.27. The summed E-state index contributed by atoms with van der Waals surface area (Å²) in [5.74, 6) is 0.394. The van der Waals surface area contributed by atoms with Crippen LogP contribution in [0.4, 0.5) is 5.69 Å². The Balaban J connectivity index is 1.89. The molecule has 0 saturated carbocycles. The standard InChI is InChI=1S/C24H29N3O4S/c1-30-19-14-17(15-20(31-2)22(19)28)16-21-23(29)27(13-9-4-3-8-12-25)24(32-21)26-18-10-6-5-7-11-18/h5-7,10-11,14-16,28H,3-4,8-9,12-13,25H2,1-2H3. The minimum absolute atomic E-state index is 0.0759. The number of unbranched alkanes of at least 4 members (excludes halogenated alkanes) is 3. The van der Waals surface area contributed by atoms with E-state index in [1.165, 1.54) is 26.0 Å². The monoisotopic (exact) mass is 455 g/mol. The van der Waals surface area contributed by atoms with Gasteiger partial charge >= 0.3 is 0 Å². The zero-order valence-electron chi connectivity index (χ0n) is 18.4. The molecule has 170 valence electrons. The number of aliphatic imine (C=N–C) groups is 1. The fourth-order valence-corrected chi connectivity index (χ4v) is 4.34. The predicted octanol–water partition coefficient (Wildman–Crippen LogP) is 4.53. The Morgan fingerprint density at radius 2 is 1.72 bits per heavy atom. The van der Waals surface area contributed by atoms with Gasteiger partial charge in [0.05, 0.1) is 24.8 Å². The number of amides is 1. The number of hydrogen-bond acceptors (Lipinski definition) is 7. The molecule has 3 N–H and O–H groups in total. The van der Waals surface area contributed by atoms with Gasteiger partial charge in [-0.15, -0.1) is 0 Å². The number of thioether (sulfide) groups is 1. The molecular formula is C24H29N3O4S. The van der Waals surface area contributed by atoms with Crippen LogP contribution in [0.2, 0.25) is 0 Å². The molecule has 0 bridgehead atoms. The van der Waals surface area contributed by atoms with E-state index < -0.39 is 0 Å². The van der Waals surface area contributed by atoms with E-state index in [9.17, 15) is 9.90 Å². The molecule has 3 rings (SSSR count). The van der Waals surface area contributed by atoms with Gasteiger partial charge < -0.3 is 20.3 Å². The average Bonchev–Trinajstić information content (AvgIpc) is 3.09. The third-order valence-electron chi connectivity index (χ3n) is 5.00. The first kappa shape index (κ1) is 23.7. The fraction of sp³-hybridized carbons (Fsp3) is 0.333. The third kappa shape index (κ3) is 5.83. The van der Waals surface area contributed by atoms with Gasteiger partial charge in [0.1, 0.15) is 0 Å². The number of rotatable bonds is 10. The second kappa shape index (κ2) is 11.6. The molecule has 0 atom stereocenters. The van der Waals surface area contributed by atoms with Gasteiger partial charge in [0.15, 0.2) is 16.7 Å². The quantitative estimate of drug-likeness (QED) is 0.403. The number of nitrogens with two attached hydrogens (primary N) is 1. The van der Waals surface area contributed by atoms with Crippen LogP contribution in [0.5, 0.6) is 17.2 Å². The van der Waals surface area contributed by atoms with Crippen molar-refractivity contribution in [1.82, 2.24) is 4.90 Å². The molecule has 0 spiro atoms. The zero-order valence-corrected chi connectivity index (χ0v) is 19.2. The van der Waals surface area contributed by atoms with E-state index in [1.54, 1.807) is 23.1 Å². The van der Waals surface area contributed by atoms with Crippen molar-refractivity contribution < 1.29 is 19.4 Å². The van der Waals surface area contributed by atoms with Crippen LogP contribution in [0.1, 0.15) is 31.2 Å². The van der Waals surface area contributed by atoms with Crippen LogP contribution < -0.4 is 15.2 Å². The normalized spacial score (nSPS) is 16.2. The van der Waals surface area contributed by atoms with Gasteiger partial charge in [-0.1, -0.05) is 31.0 Å². The molecule has 7 nitrogen and oxygen atoms in total. The van der Waals surface area contributed by atoms with Crippen molar-refractivity contribution in [1.29, 1.82) is 0 Å². The Kier molecular flexibility index (Phi) is 8.58. The summed E-state index contributed by atoms with van der Waals surface area (Å²) in [6.45, 7) is 1.29. The van der Waals surface area contributed by atoms with Crippen molar-refractivity contribution >= 4 is 34.6 Å². The van der Waals surface area contributed by atoms with Gasteiger partial charge in [-0.25, -0.2) is 4.99 Å². The van der Waals surface area contributed by atoms with Crippen molar-refractivity contribution in [2.75, 3.05) is 27.3 Å². The third-order valence-corrected chi connectivity index (χ3v) is 6.01. The summed E-state index contributed by atoms with van der Waals surface area (Å²) in [7, 11) is 2.94. The lowest BCUT2D eigenvalue weighted by Gasteiger charge is -2.15. The lowest BCUT2D eigenvalue weighted by atomic mass is 10.1. The lowest BCUT2D eigenvalue weighted by molar-refractivity contribution is -0.122. The van der Waals surface area contributed by atoms with E-state index in [4.69, 9.17) is 20.2 Å². The van der Waals surface area contributed by atoms with Crippen LogP contribution in [-0.4, -0.2) is 48.4 Å². The molecule has 2 aromatic carbocycles.